The van der Waals surface area contributed by atoms with Crippen molar-refractivity contribution in [3.8, 4) is 0 Å². The minimum absolute atomic E-state index is 0.708. The second kappa shape index (κ2) is 20.3. The SMILES string of the molecule is CCCCCN(CCCCC)CCCCC.O=c1ccn([C@@H]2O[C@H](COP(=O)(O)OP(=O)(O)OP(=O)(O)O)[C@@H](O)[C@H]2O)c(=O)[nH]1. The van der Waals surface area contributed by atoms with Crippen LogP contribution in [0.15, 0.2) is 21.9 Å². The van der Waals surface area contributed by atoms with E-state index in [1.54, 1.807) is 0 Å². The second-order valence-electron chi connectivity index (χ2n) is 10.4. The smallest absolute Gasteiger partial charge is 0.387 e. The van der Waals surface area contributed by atoms with Crippen LogP contribution in [-0.4, -0.2) is 88.8 Å². The minimum Gasteiger partial charge on any atom is -0.387 e. The maximum Gasteiger partial charge on any atom is 0.490 e. The van der Waals surface area contributed by atoms with Crippen LogP contribution >= 0.6 is 23.5 Å². The average Bonchev–Trinajstić information content (AvgIpc) is 3.19. The first-order valence-corrected chi connectivity index (χ1v) is 19.3. The molecule has 0 spiro atoms. The molecule has 1 aromatic heterocycles. The molecule has 21 heteroatoms. The molecule has 0 radical (unpaired) electrons. The van der Waals surface area contributed by atoms with Crippen molar-refractivity contribution in [2.75, 3.05) is 26.2 Å². The van der Waals surface area contributed by atoms with E-state index in [4.69, 9.17) is 19.4 Å². The van der Waals surface area contributed by atoms with Gasteiger partial charge in [-0.15, -0.1) is 0 Å². The van der Waals surface area contributed by atoms with Crippen LogP contribution in [0.1, 0.15) is 84.8 Å². The number of aliphatic hydroxyl groups excluding tert-OH is 2. The summed E-state index contributed by atoms with van der Waals surface area (Å²) in [5.41, 5.74) is -1.74. The molecular formula is C24H48N3O15P3. The molecule has 45 heavy (non-hydrogen) atoms. The van der Waals surface area contributed by atoms with E-state index in [0.717, 1.165) is 12.3 Å². The third kappa shape index (κ3) is 17.1. The molecule has 0 aromatic carbocycles. The maximum atomic E-state index is 11.7. The summed E-state index contributed by atoms with van der Waals surface area (Å²) in [7, 11) is -16.8. The molecule has 0 aliphatic carbocycles. The first kappa shape index (κ1) is 42.0. The van der Waals surface area contributed by atoms with Gasteiger partial charge in [0.15, 0.2) is 6.23 Å². The molecule has 1 fully saturated rings. The van der Waals surface area contributed by atoms with Crippen LogP contribution in [0.25, 0.3) is 0 Å². The highest BCUT2D eigenvalue weighted by atomic mass is 31.3. The van der Waals surface area contributed by atoms with Crippen LogP contribution in [0.2, 0.25) is 0 Å². The molecule has 2 unspecified atom stereocenters. The van der Waals surface area contributed by atoms with Crippen molar-refractivity contribution in [2.24, 2.45) is 0 Å². The summed E-state index contributed by atoms with van der Waals surface area (Å²) >= 11 is 0. The summed E-state index contributed by atoms with van der Waals surface area (Å²) in [4.78, 5) is 62.6. The Morgan fingerprint density at radius 2 is 1.33 bits per heavy atom. The lowest BCUT2D eigenvalue weighted by Crippen LogP contribution is -2.37. The quantitative estimate of drug-likeness (QED) is 0.0756. The average molecular weight is 712 g/mol. The topological polar surface area (TPSA) is 268 Å². The second-order valence-corrected chi connectivity index (χ2v) is 14.8. The largest absolute Gasteiger partial charge is 0.490 e. The molecule has 1 aliphatic heterocycles. The zero-order valence-electron chi connectivity index (χ0n) is 25.8. The number of hydrogen-bond donors (Lipinski definition) is 7. The third-order valence-corrected chi connectivity index (χ3v) is 10.3. The van der Waals surface area contributed by atoms with E-state index in [-0.39, 0.29) is 0 Å². The maximum absolute atomic E-state index is 11.7. The number of nitrogens with one attached hydrogen (secondary N) is 1. The Labute approximate surface area is 261 Å². The summed E-state index contributed by atoms with van der Waals surface area (Å²) in [6.07, 6.45) is 6.73. The monoisotopic (exact) mass is 711 g/mol. The van der Waals surface area contributed by atoms with Gasteiger partial charge in [-0.2, -0.15) is 8.62 Å². The number of rotatable bonds is 20. The molecule has 1 aromatic rings. The zero-order valence-corrected chi connectivity index (χ0v) is 28.4. The number of aromatic amines is 1. The molecule has 264 valence electrons. The molecule has 6 atom stereocenters. The molecule has 1 saturated heterocycles. The highest BCUT2D eigenvalue weighted by Gasteiger charge is 2.46. The highest BCUT2D eigenvalue weighted by molar-refractivity contribution is 7.66. The van der Waals surface area contributed by atoms with Gasteiger partial charge in [-0.3, -0.25) is 18.9 Å². The molecule has 2 rings (SSSR count). The summed E-state index contributed by atoms with van der Waals surface area (Å²) in [5.74, 6) is 0. The van der Waals surface area contributed by atoms with Gasteiger partial charge in [0.2, 0.25) is 0 Å². The van der Waals surface area contributed by atoms with Gasteiger partial charge >= 0.3 is 29.2 Å². The van der Waals surface area contributed by atoms with Crippen molar-refractivity contribution in [3.63, 3.8) is 0 Å². The lowest BCUT2D eigenvalue weighted by molar-refractivity contribution is -0.0542. The number of nitrogens with zero attached hydrogens (tertiary/aromatic N) is 2. The summed E-state index contributed by atoms with van der Waals surface area (Å²) in [6.45, 7) is 9.83. The van der Waals surface area contributed by atoms with Gasteiger partial charge in [-0.1, -0.05) is 59.3 Å². The number of aromatic nitrogens is 2. The Morgan fingerprint density at radius 3 is 1.78 bits per heavy atom. The molecule has 0 bridgehead atoms. The van der Waals surface area contributed by atoms with E-state index in [0.29, 0.717) is 4.57 Å². The van der Waals surface area contributed by atoms with E-state index in [2.05, 4.69) is 38.8 Å². The standard InChI is InChI=1S/C15H33N.C9H15N2O15P3/c1-4-7-10-13-16(14-11-8-5-2)15-12-9-6-3;12-5-1-2-11(9(15)10-5)8-7(14)6(13)4(24-8)3-23-28(19,20)26-29(21,22)25-27(16,17)18/h4-15H2,1-3H3;1-2,4,6-8,13-14H,3H2,(H,19,20)(H,21,22)(H,10,12,15)(H2,16,17,18)/t;4-,6-,7-,8-/m.1/s1. The molecule has 0 amide bonds. The van der Waals surface area contributed by atoms with Crippen molar-refractivity contribution >= 4 is 23.5 Å². The number of phosphoric acid groups is 3. The van der Waals surface area contributed by atoms with E-state index in [9.17, 15) is 38.4 Å². The van der Waals surface area contributed by atoms with Crippen LogP contribution in [0, 0.1) is 0 Å². The van der Waals surface area contributed by atoms with Crippen molar-refractivity contribution in [3.05, 3.63) is 33.1 Å². The fraction of sp³-hybridized carbons (Fsp3) is 0.833. The van der Waals surface area contributed by atoms with Crippen LogP contribution in [0.5, 0.6) is 0 Å². The van der Waals surface area contributed by atoms with Crippen molar-refractivity contribution in [1.29, 1.82) is 0 Å². The van der Waals surface area contributed by atoms with Gasteiger partial charge in [0.1, 0.15) is 18.3 Å². The van der Waals surface area contributed by atoms with E-state index >= 15 is 0 Å². The number of hydrogen-bond acceptors (Lipinski definition) is 12. The Balaban J connectivity index is 0.000000538. The Bertz CT molecular complexity index is 1230. The van der Waals surface area contributed by atoms with E-state index in [1.807, 2.05) is 4.98 Å². The lowest BCUT2D eigenvalue weighted by atomic mass is 10.1. The highest BCUT2D eigenvalue weighted by Crippen LogP contribution is 2.66. The zero-order chi connectivity index (χ0) is 34.3. The molecule has 2 heterocycles. The molecular weight excluding hydrogens is 663 g/mol. The third-order valence-electron chi connectivity index (χ3n) is 6.51. The molecule has 7 N–H and O–H groups in total. The fourth-order valence-corrected chi connectivity index (χ4v) is 7.32. The van der Waals surface area contributed by atoms with Gasteiger partial charge in [-0.05, 0) is 38.9 Å². The van der Waals surface area contributed by atoms with Gasteiger partial charge < -0.3 is 39.4 Å². The van der Waals surface area contributed by atoms with Crippen LogP contribution < -0.4 is 11.2 Å². The lowest BCUT2D eigenvalue weighted by Gasteiger charge is -2.22. The number of H-pyrrole nitrogens is 1. The number of aliphatic hydroxyl groups is 2. The normalized spacial score (nSPS) is 22.9. The molecule has 18 nitrogen and oxygen atoms in total. The minimum atomic E-state index is -5.73. The van der Waals surface area contributed by atoms with Gasteiger partial charge in [-0.25, -0.2) is 18.5 Å². The number of phosphoric ester groups is 1. The fourth-order valence-electron chi connectivity index (χ4n) is 4.29. The van der Waals surface area contributed by atoms with Crippen molar-refractivity contribution < 1.29 is 61.4 Å². The van der Waals surface area contributed by atoms with Gasteiger partial charge in [0.05, 0.1) is 6.61 Å². The van der Waals surface area contributed by atoms with Crippen molar-refractivity contribution in [1.82, 2.24) is 14.5 Å². The summed E-state index contributed by atoms with van der Waals surface area (Å²) in [5, 5.41) is 19.9. The molecule has 1 aliphatic rings. The predicted molar refractivity (Wildman–Crippen MR) is 162 cm³/mol. The van der Waals surface area contributed by atoms with Gasteiger partial charge in [0, 0.05) is 12.3 Å². The Kier molecular flexibility index (Phi) is 19.0. The van der Waals surface area contributed by atoms with Crippen molar-refractivity contribution in [2.45, 2.75) is 103 Å². The number of ether oxygens (including phenoxy) is 1. The first-order valence-electron chi connectivity index (χ1n) is 14.8. The Hall–Kier alpha value is -1.07. The van der Waals surface area contributed by atoms with Gasteiger partial charge in [0.25, 0.3) is 5.56 Å². The van der Waals surface area contributed by atoms with Crippen LogP contribution in [0.4, 0.5) is 0 Å². The summed E-state index contributed by atoms with van der Waals surface area (Å²) < 4.78 is 50.6. The van der Waals surface area contributed by atoms with E-state index in [1.165, 1.54) is 77.4 Å². The van der Waals surface area contributed by atoms with Crippen LogP contribution in [-0.2, 0) is 31.6 Å². The predicted octanol–water partition coefficient (Wildman–Crippen LogP) is 2.36. The first-order chi connectivity index (χ1) is 20.9. The van der Waals surface area contributed by atoms with E-state index < -0.39 is 65.9 Å². The Morgan fingerprint density at radius 1 is 0.822 bits per heavy atom. The van der Waals surface area contributed by atoms with Crippen LogP contribution in [0.3, 0.4) is 0 Å². The molecule has 0 saturated carbocycles. The summed E-state index contributed by atoms with van der Waals surface area (Å²) in [6, 6.07) is 0.920. The number of unbranched alkanes of at least 4 members (excludes halogenated alkanes) is 6.